The van der Waals surface area contributed by atoms with Gasteiger partial charge in [0.1, 0.15) is 6.54 Å². The van der Waals surface area contributed by atoms with Gasteiger partial charge >= 0.3 is 11.8 Å². The molecule has 0 aliphatic heterocycles. The zero-order valence-electron chi connectivity index (χ0n) is 10.8. The van der Waals surface area contributed by atoms with E-state index < -0.39 is 11.8 Å². The van der Waals surface area contributed by atoms with Gasteiger partial charge in [-0.15, -0.1) is 0 Å². The van der Waals surface area contributed by atoms with Crippen LogP contribution in [0.15, 0.2) is 0 Å². The highest BCUT2D eigenvalue weighted by molar-refractivity contribution is 6.35. The molecule has 7 nitrogen and oxygen atoms in total. The Morgan fingerprint density at radius 3 is 2.17 bits per heavy atom. The number of nitrogens with one attached hydrogen (secondary N) is 3. The van der Waals surface area contributed by atoms with Crippen LogP contribution < -0.4 is 16.0 Å². The van der Waals surface area contributed by atoms with Crippen molar-refractivity contribution in [1.29, 1.82) is 5.26 Å². The first kappa shape index (κ1) is 15.9. The van der Waals surface area contributed by atoms with Gasteiger partial charge in [0.2, 0.25) is 5.91 Å². The van der Waals surface area contributed by atoms with Crippen molar-refractivity contribution in [3.8, 4) is 6.07 Å². The lowest BCUT2D eigenvalue weighted by Gasteiger charge is -2.20. The molecule has 0 unspecified atom stereocenters. The Labute approximate surface area is 106 Å². The molecule has 100 valence electrons. The molecule has 0 aliphatic rings. The molecule has 0 fully saturated rings. The van der Waals surface area contributed by atoms with Gasteiger partial charge in [-0.25, -0.2) is 0 Å². The van der Waals surface area contributed by atoms with Gasteiger partial charge in [-0.05, 0) is 20.8 Å². The van der Waals surface area contributed by atoms with Gasteiger partial charge in [0.05, 0.1) is 6.07 Å². The highest BCUT2D eigenvalue weighted by Crippen LogP contribution is 1.98. The third kappa shape index (κ3) is 8.10. The summed E-state index contributed by atoms with van der Waals surface area (Å²) in [5.74, 6) is -1.94. The van der Waals surface area contributed by atoms with Gasteiger partial charge in [-0.1, -0.05) is 0 Å². The van der Waals surface area contributed by atoms with Crippen molar-refractivity contribution >= 4 is 17.7 Å². The number of nitriles is 1. The Bertz CT molecular complexity index is 365. The molecule has 0 aromatic carbocycles. The zero-order chi connectivity index (χ0) is 14.2. The predicted molar refractivity (Wildman–Crippen MR) is 64.1 cm³/mol. The number of rotatable bonds is 4. The second-order valence-corrected chi connectivity index (χ2v) is 4.64. The molecule has 0 bridgehead atoms. The highest BCUT2D eigenvalue weighted by atomic mass is 16.2. The van der Waals surface area contributed by atoms with Crippen molar-refractivity contribution < 1.29 is 14.4 Å². The maximum Gasteiger partial charge on any atom is 0.310 e. The smallest absolute Gasteiger partial charge is 0.310 e. The molecule has 0 heterocycles. The van der Waals surface area contributed by atoms with Crippen LogP contribution in [0.5, 0.6) is 0 Å². The van der Waals surface area contributed by atoms with Crippen LogP contribution in [0.4, 0.5) is 0 Å². The quantitative estimate of drug-likeness (QED) is 0.443. The SMILES string of the molecule is CC(C)(C)NC(=O)CCNC(=O)C(=O)NCC#N. The summed E-state index contributed by atoms with van der Waals surface area (Å²) in [5.41, 5.74) is -0.328. The lowest BCUT2D eigenvalue weighted by Crippen LogP contribution is -2.44. The fraction of sp³-hybridized carbons (Fsp3) is 0.636. The van der Waals surface area contributed by atoms with Crippen LogP contribution in [0, 0.1) is 11.3 Å². The summed E-state index contributed by atoms with van der Waals surface area (Å²) >= 11 is 0. The fourth-order valence-corrected chi connectivity index (χ4v) is 1.05. The predicted octanol–water partition coefficient (Wildman–Crippen LogP) is -0.953. The average Bonchev–Trinajstić information content (AvgIpc) is 2.23. The van der Waals surface area contributed by atoms with Gasteiger partial charge in [0.15, 0.2) is 0 Å². The molecule has 0 saturated carbocycles. The first-order valence-corrected chi connectivity index (χ1v) is 5.50. The van der Waals surface area contributed by atoms with E-state index in [1.54, 1.807) is 6.07 Å². The zero-order valence-corrected chi connectivity index (χ0v) is 10.8. The molecule has 0 radical (unpaired) electrons. The summed E-state index contributed by atoms with van der Waals surface area (Å²) in [6.45, 7) is 5.38. The third-order valence-electron chi connectivity index (χ3n) is 1.69. The van der Waals surface area contributed by atoms with Crippen molar-refractivity contribution in [2.75, 3.05) is 13.1 Å². The normalized spacial score (nSPS) is 10.1. The van der Waals surface area contributed by atoms with Crippen LogP contribution in [0.2, 0.25) is 0 Å². The van der Waals surface area contributed by atoms with Gasteiger partial charge < -0.3 is 16.0 Å². The number of carbonyl (C=O) groups is 3. The van der Waals surface area contributed by atoms with Gasteiger partial charge in [-0.2, -0.15) is 5.26 Å². The second-order valence-electron chi connectivity index (χ2n) is 4.64. The van der Waals surface area contributed by atoms with E-state index in [4.69, 9.17) is 5.26 Å². The number of hydrogen-bond donors (Lipinski definition) is 3. The van der Waals surface area contributed by atoms with Crippen LogP contribution >= 0.6 is 0 Å². The first-order chi connectivity index (χ1) is 8.26. The van der Waals surface area contributed by atoms with Crippen LogP contribution in [0.1, 0.15) is 27.2 Å². The summed E-state index contributed by atoms with van der Waals surface area (Å²) in [6, 6.07) is 1.68. The minimum atomic E-state index is -0.882. The van der Waals surface area contributed by atoms with Crippen molar-refractivity contribution in [3.05, 3.63) is 0 Å². The minimum absolute atomic E-state index is 0.0702. The lowest BCUT2D eigenvalue weighted by molar-refractivity contribution is -0.139. The molecule has 0 saturated heterocycles. The van der Waals surface area contributed by atoms with E-state index in [1.165, 1.54) is 0 Å². The molecule has 0 atom stereocenters. The summed E-state index contributed by atoms with van der Waals surface area (Å²) in [5, 5.41) is 15.3. The standard InChI is InChI=1S/C11H18N4O3/c1-11(2,3)15-8(16)4-6-13-9(17)10(18)14-7-5-12/h4,6-7H2,1-3H3,(H,13,17)(H,14,18)(H,15,16). The Morgan fingerprint density at radius 1 is 1.11 bits per heavy atom. The molecule has 0 rings (SSSR count). The van der Waals surface area contributed by atoms with Crippen molar-refractivity contribution in [3.63, 3.8) is 0 Å². The number of amides is 3. The average molecular weight is 254 g/mol. The molecule has 0 aromatic heterocycles. The summed E-state index contributed by atoms with van der Waals surface area (Å²) in [6.07, 6.45) is 0.0918. The van der Waals surface area contributed by atoms with Crippen molar-refractivity contribution in [1.82, 2.24) is 16.0 Å². The number of carbonyl (C=O) groups excluding carboxylic acids is 3. The van der Waals surface area contributed by atoms with Gasteiger partial charge in [0, 0.05) is 18.5 Å². The highest BCUT2D eigenvalue weighted by Gasteiger charge is 2.15. The summed E-state index contributed by atoms with van der Waals surface area (Å²) in [7, 11) is 0. The Morgan fingerprint density at radius 2 is 1.67 bits per heavy atom. The Kier molecular flexibility index (Phi) is 6.42. The van der Waals surface area contributed by atoms with E-state index >= 15 is 0 Å². The van der Waals surface area contributed by atoms with E-state index in [0.717, 1.165) is 0 Å². The Hall–Kier alpha value is -2.10. The monoisotopic (exact) mass is 254 g/mol. The summed E-state index contributed by atoms with van der Waals surface area (Å²) in [4.78, 5) is 33.6. The topological polar surface area (TPSA) is 111 Å². The third-order valence-corrected chi connectivity index (χ3v) is 1.69. The van der Waals surface area contributed by atoms with E-state index in [0.29, 0.717) is 0 Å². The molecular formula is C11H18N4O3. The van der Waals surface area contributed by atoms with Crippen molar-refractivity contribution in [2.45, 2.75) is 32.7 Å². The molecule has 3 N–H and O–H groups in total. The molecule has 0 spiro atoms. The van der Waals surface area contributed by atoms with Gasteiger partial charge in [0.25, 0.3) is 0 Å². The van der Waals surface area contributed by atoms with E-state index in [2.05, 4.69) is 16.0 Å². The molecule has 18 heavy (non-hydrogen) atoms. The maximum absolute atomic E-state index is 11.4. The molecule has 7 heteroatoms. The first-order valence-electron chi connectivity index (χ1n) is 5.50. The molecular weight excluding hydrogens is 236 g/mol. The lowest BCUT2D eigenvalue weighted by atomic mass is 10.1. The van der Waals surface area contributed by atoms with Crippen LogP contribution in [-0.2, 0) is 14.4 Å². The number of hydrogen-bond acceptors (Lipinski definition) is 4. The fourth-order valence-electron chi connectivity index (χ4n) is 1.05. The minimum Gasteiger partial charge on any atom is -0.351 e. The molecule has 0 aromatic rings. The molecule has 0 aliphatic carbocycles. The largest absolute Gasteiger partial charge is 0.351 e. The Balaban J connectivity index is 3.85. The van der Waals surface area contributed by atoms with Gasteiger partial charge in [-0.3, -0.25) is 14.4 Å². The maximum atomic E-state index is 11.4. The van der Waals surface area contributed by atoms with Crippen LogP contribution in [-0.4, -0.2) is 36.3 Å². The molecule has 3 amide bonds. The van der Waals surface area contributed by atoms with E-state index in [9.17, 15) is 14.4 Å². The second kappa shape index (κ2) is 7.27. The van der Waals surface area contributed by atoms with Crippen LogP contribution in [0.25, 0.3) is 0 Å². The number of nitrogens with zero attached hydrogens (tertiary/aromatic N) is 1. The van der Waals surface area contributed by atoms with E-state index in [1.807, 2.05) is 20.8 Å². The summed E-state index contributed by atoms with van der Waals surface area (Å²) < 4.78 is 0. The van der Waals surface area contributed by atoms with Crippen molar-refractivity contribution in [2.24, 2.45) is 0 Å². The van der Waals surface area contributed by atoms with E-state index in [-0.39, 0.29) is 31.0 Å². The van der Waals surface area contributed by atoms with Crippen LogP contribution in [0.3, 0.4) is 0 Å².